The van der Waals surface area contributed by atoms with E-state index in [0.717, 1.165) is 36.1 Å². The molecule has 6 nitrogen and oxygen atoms in total. The van der Waals surface area contributed by atoms with Crippen LogP contribution in [-0.2, 0) is 12.8 Å². The van der Waals surface area contributed by atoms with Crippen LogP contribution in [0.2, 0.25) is 5.02 Å². The summed E-state index contributed by atoms with van der Waals surface area (Å²) in [6.07, 6.45) is 7.83. The molecule has 3 aromatic rings. The zero-order valence-corrected chi connectivity index (χ0v) is 13.0. The summed E-state index contributed by atoms with van der Waals surface area (Å²) in [5.74, 6) is 0.152. The van der Waals surface area contributed by atoms with Crippen molar-refractivity contribution in [1.29, 1.82) is 0 Å². The number of carbonyl (C=O) groups is 1. The van der Waals surface area contributed by atoms with Gasteiger partial charge in [-0.1, -0.05) is 11.6 Å². The van der Waals surface area contributed by atoms with Crippen LogP contribution in [0, 0.1) is 0 Å². The van der Waals surface area contributed by atoms with Gasteiger partial charge in [0.15, 0.2) is 12.1 Å². The van der Waals surface area contributed by atoms with Gasteiger partial charge in [0.1, 0.15) is 11.8 Å². The zero-order valence-electron chi connectivity index (χ0n) is 12.2. The van der Waals surface area contributed by atoms with Crippen molar-refractivity contribution in [2.45, 2.75) is 25.7 Å². The van der Waals surface area contributed by atoms with E-state index in [1.165, 1.54) is 17.8 Å². The summed E-state index contributed by atoms with van der Waals surface area (Å²) in [6.45, 7) is 0. The van der Waals surface area contributed by atoms with Crippen molar-refractivity contribution in [1.82, 2.24) is 19.2 Å². The summed E-state index contributed by atoms with van der Waals surface area (Å²) < 4.78 is 2.98. The number of aromatic nitrogens is 4. The van der Waals surface area contributed by atoms with Crippen LogP contribution < -0.4 is 5.56 Å². The van der Waals surface area contributed by atoms with E-state index < -0.39 is 0 Å². The minimum absolute atomic E-state index is 0.152. The molecule has 0 amide bonds. The van der Waals surface area contributed by atoms with Crippen LogP contribution in [-0.4, -0.2) is 25.5 Å². The molecule has 7 heteroatoms. The number of pyridine rings is 1. The lowest BCUT2D eigenvalue weighted by atomic mass is 9.98. The van der Waals surface area contributed by atoms with Crippen molar-refractivity contribution in [3.05, 3.63) is 56.9 Å². The van der Waals surface area contributed by atoms with Crippen molar-refractivity contribution >= 4 is 23.4 Å². The molecule has 3 aromatic heterocycles. The maximum atomic E-state index is 12.8. The maximum absolute atomic E-state index is 12.8. The normalized spacial score (nSPS) is 14.0. The molecule has 0 radical (unpaired) electrons. The summed E-state index contributed by atoms with van der Waals surface area (Å²) in [5.41, 5.74) is 2.75. The summed E-state index contributed by atoms with van der Waals surface area (Å²) in [5, 5.41) is 4.44. The predicted octanol–water partition coefficient (Wildman–Crippen LogP) is 2.22. The molecule has 116 valence electrons. The second-order valence-corrected chi connectivity index (χ2v) is 5.98. The molecule has 0 N–H and O–H groups in total. The molecule has 3 heterocycles. The third-order valence-corrected chi connectivity index (χ3v) is 4.60. The molecule has 0 aromatic carbocycles. The van der Waals surface area contributed by atoms with E-state index >= 15 is 0 Å². The van der Waals surface area contributed by atoms with Gasteiger partial charge in [0, 0.05) is 11.9 Å². The molecule has 0 saturated heterocycles. The number of halogens is 1. The highest BCUT2D eigenvalue weighted by molar-refractivity contribution is 6.33. The summed E-state index contributed by atoms with van der Waals surface area (Å²) >= 11 is 6.01. The SMILES string of the molecule is O=Cc1c(Cl)ccnc1-n1ncn2c3c(cc2c1=O)CCCC3. The fourth-order valence-electron chi connectivity index (χ4n) is 3.15. The maximum Gasteiger partial charge on any atom is 0.297 e. The fourth-order valence-corrected chi connectivity index (χ4v) is 3.34. The number of aryl methyl sites for hydroxylation is 2. The van der Waals surface area contributed by atoms with Crippen LogP contribution in [0.4, 0.5) is 0 Å². The Kier molecular flexibility index (Phi) is 3.27. The molecule has 0 atom stereocenters. The summed E-state index contributed by atoms with van der Waals surface area (Å²) in [6, 6.07) is 3.43. The van der Waals surface area contributed by atoms with E-state index in [9.17, 15) is 9.59 Å². The Hall–Kier alpha value is -2.47. The molecule has 0 saturated carbocycles. The van der Waals surface area contributed by atoms with Gasteiger partial charge in [-0.3, -0.25) is 14.0 Å². The van der Waals surface area contributed by atoms with Crippen molar-refractivity contribution in [3.63, 3.8) is 0 Å². The Morgan fingerprint density at radius 2 is 2.09 bits per heavy atom. The Bertz CT molecular complexity index is 990. The molecule has 1 aliphatic rings. The number of rotatable bonds is 2. The van der Waals surface area contributed by atoms with Gasteiger partial charge in [-0.05, 0) is 43.4 Å². The van der Waals surface area contributed by atoms with Crippen molar-refractivity contribution < 1.29 is 4.79 Å². The highest BCUT2D eigenvalue weighted by atomic mass is 35.5. The van der Waals surface area contributed by atoms with Crippen LogP contribution in [0.25, 0.3) is 11.3 Å². The van der Waals surface area contributed by atoms with Gasteiger partial charge >= 0.3 is 0 Å². The van der Waals surface area contributed by atoms with Crippen molar-refractivity contribution in [2.24, 2.45) is 0 Å². The minimum Gasteiger partial charge on any atom is -0.298 e. The minimum atomic E-state index is -0.306. The number of hydrogen-bond acceptors (Lipinski definition) is 4. The van der Waals surface area contributed by atoms with Gasteiger partial charge in [0.25, 0.3) is 5.56 Å². The summed E-state index contributed by atoms with van der Waals surface area (Å²) in [4.78, 5) is 28.2. The van der Waals surface area contributed by atoms with Gasteiger partial charge in [-0.15, -0.1) is 0 Å². The van der Waals surface area contributed by atoms with Crippen LogP contribution in [0.1, 0.15) is 34.5 Å². The smallest absolute Gasteiger partial charge is 0.297 e. The van der Waals surface area contributed by atoms with Gasteiger partial charge in [-0.25, -0.2) is 4.98 Å². The molecule has 4 rings (SSSR count). The topological polar surface area (TPSA) is 69.3 Å². The largest absolute Gasteiger partial charge is 0.298 e. The first-order chi connectivity index (χ1) is 11.2. The van der Waals surface area contributed by atoms with Crippen molar-refractivity contribution in [2.75, 3.05) is 0 Å². The lowest BCUT2D eigenvalue weighted by Gasteiger charge is -2.12. The van der Waals surface area contributed by atoms with Crippen LogP contribution in [0.15, 0.2) is 29.5 Å². The van der Waals surface area contributed by atoms with E-state index in [-0.39, 0.29) is 22.0 Å². The third-order valence-electron chi connectivity index (χ3n) is 4.27. The Morgan fingerprint density at radius 3 is 2.91 bits per heavy atom. The Balaban J connectivity index is 2.00. The molecule has 0 bridgehead atoms. The fraction of sp³-hybridized carbons (Fsp3) is 0.250. The second-order valence-electron chi connectivity index (χ2n) is 5.57. The molecule has 0 aliphatic heterocycles. The van der Waals surface area contributed by atoms with Crippen LogP contribution >= 0.6 is 11.6 Å². The second kappa shape index (κ2) is 5.31. The standard InChI is InChI=1S/C16H13ClN4O2/c17-12-5-6-18-15(11(12)8-22)21-16(23)14-7-10-3-1-2-4-13(10)20(14)9-19-21/h5-9H,1-4H2. The molecule has 0 unspecified atom stereocenters. The monoisotopic (exact) mass is 328 g/mol. The van der Waals surface area contributed by atoms with E-state index in [1.807, 2.05) is 10.5 Å². The highest BCUT2D eigenvalue weighted by Crippen LogP contribution is 2.24. The number of aldehydes is 1. The van der Waals surface area contributed by atoms with Crippen LogP contribution in [0.5, 0.6) is 0 Å². The number of fused-ring (bicyclic) bond motifs is 3. The van der Waals surface area contributed by atoms with E-state index in [0.29, 0.717) is 11.8 Å². The number of carbonyl (C=O) groups excluding carboxylic acids is 1. The molecular formula is C16H13ClN4O2. The highest BCUT2D eigenvalue weighted by Gasteiger charge is 2.19. The molecule has 0 fully saturated rings. The third kappa shape index (κ3) is 2.09. The van der Waals surface area contributed by atoms with Gasteiger partial charge in [0.05, 0.1) is 10.6 Å². The van der Waals surface area contributed by atoms with E-state index in [1.54, 1.807) is 6.33 Å². The zero-order chi connectivity index (χ0) is 16.0. The molecule has 0 spiro atoms. The van der Waals surface area contributed by atoms with Crippen LogP contribution in [0.3, 0.4) is 0 Å². The van der Waals surface area contributed by atoms with E-state index in [4.69, 9.17) is 11.6 Å². The lowest BCUT2D eigenvalue weighted by molar-refractivity contribution is 0.112. The summed E-state index contributed by atoms with van der Waals surface area (Å²) in [7, 11) is 0. The lowest BCUT2D eigenvalue weighted by Crippen LogP contribution is -2.25. The molecule has 23 heavy (non-hydrogen) atoms. The van der Waals surface area contributed by atoms with E-state index in [2.05, 4.69) is 10.1 Å². The Morgan fingerprint density at radius 1 is 1.26 bits per heavy atom. The quantitative estimate of drug-likeness (QED) is 0.676. The van der Waals surface area contributed by atoms with Gasteiger partial charge in [-0.2, -0.15) is 9.78 Å². The van der Waals surface area contributed by atoms with Gasteiger partial charge < -0.3 is 0 Å². The molecule has 1 aliphatic carbocycles. The number of nitrogens with zero attached hydrogens (tertiary/aromatic N) is 4. The average Bonchev–Trinajstić information content (AvgIpc) is 2.95. The first-order valence-corrected chi connectivity index (χ1v) is 7.79. The van der Waals surface area contributed by atoms with Gasteiger partial charge in [0.2, 0.25) is 0 Å². The predicted molar refractivity (Wildman–Crippen MR) is 85.6 cm³/mol. The first kappa shape index (κ1) is 14.1. The molecular weight excluding hydrogens is 316 g/mol. The van der Waals surface area contributed by atoms with Crippen molar-refractivity contribution in [3.8, 4) is 5.82 Å². The average molecular weight is 329 g/mol. The number of hydrogen-bond donors (Lipinski definition) is 0. The Labute approximate surface area is 136 Å². The first-order valence-electron chi connectivity index (χ1n) is 7.42.